The van der Waals surface area contributed by atoms with Gasteiger partial charge in [0.05, 0.1) is 17.7 Å². The molecule has 2 unspecified atom stereocenters. The van der Waals surface area contributed by atoms with Gasteiger partial charge < -0.3 is 9.80 Å². The Labute approximate surface area is 244 Å². The van der Waals surface area contributed by atoms with E-state index in [0.29, 0.717) is 12.8 Å². The van der Waals surface area contributed by atoms with Crippen LogP contribution in [0.25, 0.3) is 22.1 Å². The highest BCUT2D eigenvalue weighted by atomic mass is 16.2. The number of amides is 2. The number of hydrogen-bond donors (Lipinski definition) is 0. The minimum atomic E-state index is -0.145. The zero-order valence-electron chi connectivity index (χ0n) is 24.0. The van der Waals surface area contributed by atoms with Gasteiger partial charge in [-0.15, -0.1) is 10.2 Å². The number of hydrogen-bond acceptors (Lipinski definition) is 8. The first-order valence-electron chi connectivity index (χ1n) is 15.3. The lowest BCUT2D eigenvalue weighted by molar-refractivity contribution is -0.132. The highest BCUT2D eigenvalue weighted by Gasteiger charge is 2.33. The topological polar surface area (TPSA) is 109 Å². The molecular formula is C30H38N10O2. The Morgan fingerprint density at radius 1 is 0.619 bits per heavy atom. The first kappa shape index (κ1) is 27.0. The molecule has 0 aliphatic carbocycles. The number of carbonyl (C=O) groups excluding carboxylic acids is 2. The van der Waals surface area contributed by atoms with Crippen LogP contribution in [0, 0.1) is 0 Å². The van der Waals surface area contributed by atoms with Crippen molar-refractivity contribution in [3.05, 3.63) is 48.5 Å². The predicted molar refractivity (Wildman–Crippen MR) is 157 cm³/mol. The normalized spacial score (nSPS) is 20.4. The summed E-state index contributed by atoms with van der Waals surface area (Å²) >= 11 is 0. The molecule has 2 aromatic carbocycles. The highest BCUT2D eigenvalue weighted by Crippen LogP contribution is 2.29. The second-order valence-corrected chi connectivity index (χ2v) is 11.7. The third kappa shape index (κ3) is 5.24. The van der Waals surface area contributed by atoms with Crippen LogP contribution >= 0.6 is 0 Å². The van der Waals surface area contributed by atoms with E-state index in [9.17, 15) is 9.59 Å². The van der Waals surface area contributed by atoms with E-state index in [1.165, 1.54) is 0 Å². The van der Waals surface area contributed by atoms with E-state index in [1.54, 1.807) is 0 Å². The van der Waals surface area contributed by atoms with E-state index in [2.05, 4.69) is 30.4 Å². The molecule has 7 rings (SSSR count). The summed E-state index contributed by atoms with van der Waals surface area (Å²) in [7, 11) is 0. The van der Waals surface area contributed by atoms with Gasteiger partial charge in [0.15, 0.2) is 0 Å². The van der Waals surface area contributed by atoms with Crippen molar-refractivity contribution in [3.63, 3.8) is 0 Å². The van der Waals surface area contributed by atoms with Gasteiger partial charge in [-0.2, -0.15) is 0 Å². The number of para-hydroxylation sites is 2. The van der Waals surface area contributed by atoms with Crippen LogP contribution in [-0.2, 0) is 9.59 Å². The SMILES string of the molecule is O=C1CCCN1C(CCN1CCCN(CCC(N2CCCC2=O)n2nnc3ccccc32)C1)n1nnc2ccccc21. The van der Waals surface area contributed by atoms with Crippen molar-refractivity contribution < 1.29 is 9.59 Å². The van der Waals surface area contributed by atoms with Gasteiger partial charge in [-0.1, -0.05) is 34.7 Å². The lowest BCUT2D eigenvalue weighted by Crippen LogP contribution is -2.47. The summed E-state index contributed by atoms with van der Waals surface area (Å²) in [4.78, 5) is 34.6. The van der Waals surface area contributed by atoms with Crippen molar-refractivity contribution in [2.45, 2.75) is 57.3 Å². The minimum Gasteiger partial charge on any atom is -0.320 e. The summed E-state index contributed by atoms with van der Waals surface area (Å²) in [5.41, 5.74) is 3.63. The van der Waals surface area contributed by atoms with Gasteiger partial charge >= 0.3 is 0 Å². The molecule has 4 aromatic rings. The molecule has 12 heteroatoms. The van der Waals surface area contributed by atoms with E-state index >= 15 is 0 Å². The maximum Gasteiger partial charge on any atom is 0.224 e. The number of nitrogens with zero attached hydrogens (tertiary/aromatic N) is 10. The summed E-state index contributed by atoms with van der Waals surface area (Å²) in [5.74, 6) is 0.394. The number of fused-ring (bicyclic) bond motifs is 2. The van der Waals surface area contributed by atoms with E-state index in [0.717, 1.165) is 100 Å². The number of carbonyl (C=O) groups is 2. The second kappa shape index (κ2) is 11.8. The third-order valence-electron chi connectivity index (χ3n) is 9.01. The maximum absolute atomic E-state index is 12.8. The average molecular weight is 571 g/mol. The van der Waals surface area contributed by atoms with Gasteiger partial charge in [0.25, 0.3) is 0 Å². The Kier molecular flexibility index (Phi) is 7.55. The Hall–Kier alpha value is -3.90. The molecule has 3 fully saturated rings. The minimum absolute atomic E-state index is 0.145. The van der Waals surface area contributed by atoms with Crippen molar-refractivity contribution in [1.29, 1.82) is 0 Å². The highest BCUT2D eigenvalue weighted by molar-refractivity contribution is 5.80. The van der Waals surface area contributed by atoms with Crippen LogP contribution in [0.1, 0.15) is 57.3 Å². The van der Waals surface area contributed by atoms with Crippen LogP contribution in [0.3, 0.4) is 0 Å². The number of aromatic nitrogens is 6. The summed E-state index contributed by atoms with van der Waals surface area (Å²) in [5, 5.41) is 17.7. The molecule has 3 aliphatic rings. The van der Waals surface area contributed by atoms with Gasteiger partial charge in [0.1, 0.15) is 23.4 Å². The Bertz CT molecular complexity index is 1450. The van der Waals surface area contributed by atoms with Crippen LogP contribution in [-0.4, -0.2) is 107 Å². The van der Waals surface area contributed by atoms with Gasteiger partial charge in [0, 0.05) is 65.0 Å². The molecule has 2 amide bonds. The van der Waals surface area contributed by atoms with Crippen LogP contribution in [0.5, 0.6) is 0 Å². The van der Waals surface area contributed by atoms with Crippen LogP contribution < -0.4 is 0 Å². The smallest absolute Gasteiger partial charge is 0.224 e. The van der Waals surface area contributed by atoms with Crippen molar-refractivity contribution in [3.8, 4) is 0 Å². The lowest BCUT2D eigenvalue weighted by atomic mass is 10.2. The summed E-state index contributed by atoms with van der Waals surface area (Å²) < 4.78 is 3.89. The summed E-state index contributed by atoms with van der Waals surface area (Å²) in [6.07, 6.45) is 5.36. The molecule has 0 N–H and O–H groups in total. The first-order valence-corrected chi connectivity index (χ1v) is 15.3. The van der Waals surface area contributed by atoms with Crippen molar-refractivity contribution in [1.82, 2.24) is 49.6 Å². The van der Waals surface area contributed by atoms with Gasteiger partial charge in [-0.25, -0.2) is 9.36 Å². The Morgan fingerprint density at radius 2 is 1.10 bits per heavy atom. The van der Waals surface area contributed by atoms with E-state index in [-0.39, 0.29) is 24.1 Å². The number of benzene rings is 2. The van der Waals surface area contributed by atoms with E-state index < -0.39 is 0 Å². The van der Waals surface area contributed by atoms with E-state index in [1.807, 2.05) is 67.7 Å². The fourth-order valence-electron chi connectivity index (χ4n) is 6.91. The molecule has 2 aromatic heterocycles. The molecule has 3 aliphatic heterocycles. The van der Waals surface area contributed by atoms with Crippen LogP contribution in [0.15, 0.2) is 48.5 Å². The van der Waals surface area contributed by atoms with Gasteiger partial charge in [-0.05, 0) is 43.5 Å². The van der Waals surface area contributed by atoms with Crippen molar-refractivity contribution in [2.75, 3.05) is 45.9 Å². The molecule has 2 atom stereocenters. The fourth-order valence-corrected chi connectivity index (χ4v) is 6.91. The molecule has 0 saturated carbocycles. The van der Waals surface area contributed by atoms with Crippen molar-refractivity contribution in [2.24, 2.45) is 0 Å². The van der Waals surface area contributed by atoms with Crippen LogP contribution in [0.4, 0.5) is 0 Å². The molecule has 0 spiro atoms. The first-order chi connectivity index (χ1) is 20.7. The maximum atomic E-state index is 12.8. The molecule has 220 valence electrons. The van der Waals surface area contributed by atoms with Gasteiger partial charge in [0.2, 0.25) is 11.8 Å². The number of likely N-dealkylation sites (tertiary alicyclic amines) is 2. The largest absolute Gasteiger partial charge is 0.320 e. The number of rotatable bonds is 10. The molecule has 5 heterocycles. The monoisotopic (exact) mass is 570 g/mol. The van der Waals surface area contributed by atoms with Crippen molar-refractivity contribution >= 4 is 33.9 Å². The zero-order chi connectivity index (χ0) is 28.5. The lowest BCUT2D eigenvalue weighted by Gasteiger charge is -2.38. The molecule has 0 bridgehead atoms. The Morgan fingerprint density at radius 3 is 1.55 bits per heavy atom. The second-order valence-electron chi connectivity index (χ2n) is 11.7. The third-order valence-corrected chi connectivity index (χ3v) is 9.01. The van der Waals surface area contributed by atoms with E-state index in [4.69, 9.17) is 0 Å². The quantitative estimate of drug-likeness (QED) is 0.287. The molecule has 12 nitrogen and oxygen atoms in total. The predicted octanol–water partition coefficient (Wildman–Crippen LogP) is 2.86. The molecule has 42 heavy (non-hydrogen) atoms. The standard InChI is InChI=1S/C30H38N10O2/c41-29-12-5-18-37(29)27(39-25-10-3-1-8-23(25)31-33-39)14-20-35-16-7-17-36(22-35)21-15-28(38-19-6-13-30(38)42)40-26-11-4-2-9-24(26)32-34-40/h1-4,8-11,27-28H,5-7,12-22H2. The summed E-state index contributed by atoms with van der Waals surface area (Å²) in [6.45, 7) is 6.15. The van der Waals surface area contributed by atoms with Gasteiger partial charge in [-0.3, -0.25) is 19.4 Å². The van der Waals surface area contributed by atoms with Crippen LogP contribution in [0.2, 0.25) is 0 Å². The molecule has 0 radical (unpaired) electrons. The zero-order valence-corrected chi connectivity index (χ0v) is 24.0. The molecule has 3 saturated heterocycles. The molecular weight excluding hydrogens is 532 g/mol. The average Bonchev–Trinajstić information content (AvgIpc) is 3.82. The Balaban J connectivity index is 1.03. The summed E-state index contributed by atoms with van der Waals surface area (Å²) in [6, 6.07) is 15.9. The fraction of sp³-hybridized carbons (Fsp3) is 0.533.